The normalized spacial score (nSPS) is 20.5. The molecule has 0 aromatic carbocycles. The summed E-state index contributed by atoms with van der Waals surface area (Å²) >= 11 is 0. The van der Waals surface area contributed by atoms with Gasteiger partial charge in [-0.25, -0.2) is 4.79 Å². The van der Waals surface area contributed by atoms with Crippen molar-refractivity contribution in [3.8, 4) is 0 Å². The fourth-order valence-electron chi connectivity index (χ4n) is 1.66. The average Bonchev–Trinajstić information content (AvgIpc) is 2.25. The van der Waals surface area contributed by atoms with Crippen molar-refractivity contribution in [3.63, 3.8) is 0 Å². The first kappa shape index (κ1) is 7.04. The van der Waals surface area contributed by atoms with Gasteiger partial charge in [0.2, 0.25) is 0 Å². The van der Waals surface area contributed by atoms with E-state index in [2.05, 4.69) is 16.9 Å². The second-order valence-electron chi connectivity index (χ2n) is 3.79. The van der Waals surface area contributed by atoms with E-state index >= 15 is 0 Å². The summed E-state index contributed by atoms with van der Waals surface area (Å²) in [6.45, 7) is 3.81. The molecule has 1 fully saturated rings. The molecule has 4 heteroatoms. The highest BCUT2D eigenvalue weighted by Gasteiger charge is 2.16. The second-order valence-corrected chi connectivity index (χ2v) is 3.79. The molecular formula is C10H15N3O. The first-order chi connectivity index (χ1) is 7.58. The third-order valence-corrected chi connectivity index (χ3v) is 2.63. The number of nitrogens with one attached hydrogen (secondary N) is 1. The van der Waals surface area contributed by atoms with Crippen LogP contribution in [0.1, 0.15) is 22.5 Å². The predicted molar refractivity (Wildman–Crippen MR) is 55.5 cm³/mol. The van der Waals surface area contributed by atoms with E-state index in [0.29, 0.717) is 11.7 Å². The van der Waals surface area contributed by atoms with Crippen LogP contribution in [0.15, 0.2) is 17.0 Å². The van der Waals surface area contributed by atoms with Gasteiger partial charge in [-0.1, -0.05) is 6.92 Å². The van der Waals surface area contributed by atoms with Crippen LogP contribution < -0.4 is 10.6 Å². The Balaban J connectivity index is 2.30. The lowest BCUT2D eigenvalue weighted by atomic mass is 9.99. The lowest BCUT2D eigenvalue weighted by Crippen LogP contribution is -2.34. The number of rotatable bonds is 1. The summed E-state index contributed by atoms with van der Waals surface area (Å²) in [6, 6.07) is 0.00848. The molecule has 1 aliphatic rings. The van der Waals surface area contributed by atoms with Gasteiger partial charge in [-0.2, -0.15) is 4.98 Å². The summed E-state index contributed by atoms with van der Waals surface area (Å²) in [7, 11) is 0. The summed E-state index contributed by atoms with van der Waals surface area (Å²) in [5.41, 5.74) is -0.547. The quantitative estimate of drug-likeness (QED) is 0.727. The number of H-pyrrole nitrogens is 1. The average molecular weight is 195 g/mol. The number of nitrogens with zero attached hydrogens (tertiary/aromatic N) is 2. The van der Waals surface area contributed by atoms with E-state index in [0.717, 1.165) is 25.9 Å². The van der Waals surface area contributed by atoms with Crippen molar-refractivity contribution in [1.29, 1.82) is 0 Å². The van der Waals surface area contributed by atoms with Gasteiger partial charge in [-0.15, -0.1) is 0 Å². The topological polar surface area (TPSA) is 49.0 Å². The molecule has 0 saturated carbocycles. The van der Waals surface area contributed by atoms with Crippen LogP contribution in [0.5, 0.6) is 0 Å². The molecule has 4 nitrogen and oxygen atoms in total. The zero-order valence-electron chi connectivity index (χ0n) is 10.2. The first-order valence-corrected chi connectivity index (χ1v) is 4.90. The van der Waals surface area contributed by atoms with Crippen molar-refractivity contribution in [2.75, 3.05) is 18.0 Å². The molecule has 0 radical (unpaired) electrons. The molecule has 0 amide bonds. The minimum absolute atomic E-state index is 0.00848. The van der Waals surface area contributed by atoms with E-state index in [1.54, 1.807) is 0 Å². The Morgan fingerprint density at radius 3 is 3.07 bits per heavy atom. The van der Waals surface area contributed by atoms with Crippen molar-refractivity contribution in [1.82, 2.24) is 9.97 Å². The van der Waals surface area contributed by atoms with E-state index in [1.165, 1.54) is 0 Å². The Bertz CT molecular complexity index is 438. The molecule has 1 aliphatic heterocycles. The molecule has 0 unspecified atom stereocenters. The first-order valence-electron chi connectivity index (χ1n) is 5.90. The maximum absolute atomic E-state index is 11.2. The van der Waals surface area contributed by atoms with E-state index in [4.69, 9.17) is 2.74 Å². The molecule has 0 bridgehead atoms. The Kier molecular flexibility index (Phi) is 1.92. The van der Waals surface area contributed by atoms with Crippen LogP contribution in [0.2, 0.25) is 0 Å². The van der Waals surface area contributed by atoms with Gasteiger partial charge in [0.1, 0.15) is 5.82 Å². The van der Waals surface area contributed by atoms with Gasteiger partial charge in [0.15, 0.2) is 0 Å². The highest BCUT2D eigenvalue weighted by atomic mass is 16.1. The zero-order valence-corrected chi connectivity index (χ0v) is 8.21. The van der Waals surface area contributed by atoms with Gasteiger partial charge in [0.05, 0.1) is 2.74 Å². The van der Waals surface area contributed by atoms with Gasteiger partial charge in [0.25, 0.3) is 0 Å². The third-order valence-electron chi connectivity index (χ3n) is 2.63. The third kappa shape index (κ3) is 1.95. The summed E-state index contributed by atoms with van der Waals surface area (Å²) in [5.74, 6) is 1.03. The minimum atomic E-state index is -0.547. The van der Waals surface area contributed by atoms with Crippen molar-refractivity contribution < 1.29 is 2.74 Å². The summed E-state index contributed by atoms with van der Waals surface area (Å²) in [5, 5.41) is 0. The Labute approximate surface area is 85.8 Å². The molecule has 1 saturated heterocycles. The number of aromatic amines is 1. The molecule has 2 rings (SSSR count). The van der Waals surface area contributed by atoms with Gasteiger partial charge in [0, 0.05) is 19.3 Å². The number of anilines is 1. The van der Waals surface area contributed by atoms with Crippen LogP contribution >= 0.6 is 0 Å². The summed E-state index contributed by atoms with van der Waals surface area (Å²) in [4.78, 5) is 19.1. The molecule has 1 aromatic heterocycles. The number of hydrogen-bond acceptors (Lipinski definition) is 3. The van der Waals surface area contributed by atoms with E-state index in [9.17, 15) is 4.79 Å². The molecule has 0 atom stereocenters. The Morgan fingerprint density at radius 1 is 1.64 bits per heavy atom. The monoisotopic (exact) mass is 195 g/mol. The smallest absolute Gasteiger partial charge is 0.346 e. The number of hydrogen-bond donors (Lipinski definition) is 1. The molecular weight excluding hydrogens is 178 g/mol. The zero-order chi connectivity index (χ0) is 11.7. The fraction of sp³-hybridized carbons (Fsp3) is 0.600. The van der Waals surface area contributed by atoms with Crippen LogP contribution in [-0.4, -0.2) is 23.1 Å². The van der Waals surface area contributed by atoms with Crippen LogP contribution in [0.3, 0.4) is 0 Å². The molecule has 76 valence electrons. The highest BCUT2D eigenvalue weighted by molar-refractivity contribution is 5.36. The lowest BCUT2D eigenvalue weighted by Gasteiger charge is -2.30. The van der Waals surface area contributed by atoms with Crippen LogP contribution in [0.4, 0.5) is 5.82 Å². The maximum atomic E-state index is 11.2. The number of aromatic nitrogens is 2. The molecule has 0 aliphatic carbocycles. The van der Waals surface area contributed by atoms with Gasteiger partial charge in [-0.3, -0.25) is 0 Å². The van der Waals surface area contributed by atoms with Crippen LogP contribution in [0, 0.1) is 5.92 Å². The van der Waals surface area contributed by atoms with Gasteiger partial charge < -0.3 is 9.88 Å². The molecule has 14 heavy (non-hydrogen) atoms. The maximum Gasteiger partial charge on any atom is 0.346 e. The minimum Gasteiger partial charge on any atom is -0.356 e. The van der Waals surface area contributed by atoms with Gasteiger partial charge >= 0.3 is 5.69 Å². The van der Waals surface area contributed by atoms with Crippen LogP contribution in [0.25, 0.3) is 0 Å². The summed E-state index contributed by atoms with van der Waals surface area (Å²) < 4.78 is 15.2. The molecule has 1 aromatic rings. The van der Waals surface area contributed by atoms with Crippen LogP contribution in [-0.2, 0) is 0 Å². The van der Waals surface area contributed by atoms with E-state index in [-0.39, 0.29) is 12.2 Å². The Hall–Kier alpha value is -1.32. The number of piperidine rings is 1. The molecule has 2 heterocycles. The second kappa shape index (κ2) is 3.82. The summed E-state index contributed by atoms with van der Waals surface area (Å²) in [6.07, 6.45) is 1.93. The van der Waals surface area contributed by atoms with Crippen molar-refractivity contribution in [2.24, 2.45) is 5.92 Å². The van der Waals surface area contributed by atoms with E-state index in [1.807, 2.05) is 4.90 Å². The van der Waals surface area contributed by atoms with Crippen molar-refractivity contribution in [2.45, 2.75) is 19.8 Å². The lowest BCUT2D eigenvalue weighted by molar-refractivity contribution is 0.436. The van der Waals surface area contributed by atoms with Crippen molar-refractivity contribution >= 4 is 5.82 Å². The fourth-order valence-corrected chi connectivity index (χ4v) is 1.66. The predicted octanol–water partition coefficient (Wildman–Crippen LogP) is 1.01. The largest absolute Gasteiger partial charge is 0.356 e. The highest BCUT2D eigenvalue weighted by Crippen LogP contribution is 2.19. The molecule has 1 N–H and O–H groups in total. The Morgan fingerprint density at radius 2 is 2.36 bits per heavy atom. The van der Waals surface area contributed by atoms with Crippen molar-refractivity contribution in [3.05, 3.63) is 22.7 Å². The standard InChI is InChI=1S/C10H15N3O/c1-8-3-6-13(7-4-8)9-2-5-11-10(14)12-9/h2,5,8H,3-4,6-7H2,1H3,(H,11,12,14)/i2D,5D. The van der Waals surface area contributed by atoms with E-state index < -0.39 is 5.69 Å². The molecule has 0 spiro atoms. The SMILES string of the molecule is [2H]c1[nH]c(=O)nc(N2CCC(C)CC2)c1[2H]. The van der Waals surface area contributed by atoms with Gasteiger partial charge in [-0.05, 0) is 24.8 Å².